The van der Waals surface area contributed by atoms with Crippen LogP contribution in [0.4, 0.5) is 0 Å². The van der Waals surface area contributed by atoms with Crippen LogP contribution in [-0.4, -0.2) is 10.5 Å². The Bertz CT molecular complexity index is 466. The summed E-state index contributed by atoms with van der Waals surface area (Å²) in [5, 5.41) is 1.32. The molecule has 2 nitrogen and oxygen atoms in total. The van der Waals surface area contributed by atoms with Gasteiger partial charge in [-0.3, -0.25) is 0 Å². The van der Waals surface area contributed by atoms with E-state index >= 15 is 0 Å². The van der Waals surface area contributed by atoms with Crippen molar-refractivity contribution in [1.29, 1.82) is 0 Å². The zero-order valence-electron chi connectivity index (χ0n) is 8.09. The fraction of sp³-hybridized carbons (Fsp3) is 0.333. The maximum atomic E-state index is 6.11. The SMILES string of the molecule is NC1(Cc2c[nH]c3ccccc23)CC1. The van der Waals surface area contributed by atoms with Crippen LogP contribution in [0.1, 0.15) is 18.4 Å². The summed E-state index contributed by atoms with van der Waals surface area (Å²) in [6.45, 7) is 0. The molecule has 2 heteroatoms. The number of aromatic amines is 1. The molecule has 3 N–H and O–H groups in total. The summed E-state index contributed by atoms with van der Waals surface area (Å²) in [7, 11) is 0. The first-order valence-corrected chi connectivity index (χ1v) is 5.11. The van der Waals surface area contributed by atoms with Crippen molar-refractivity contribution in [3.8, 4) is 0 Å². The summed E-state index contributed by atoms with van der Waals surface area (Å²) in [6.07, 6.45) is 5.45. The summed E-state index contributed by atoms with van der Waals surface area (Å²) >= 11 is 0. The lowest BCUT2D eigenvalue weighted by molar-refractivity contribution is 0.675. The highest BCUT2D eigenvalue weighted by Gasteiger charge is 2.38. The van der Waals surface area contributed by atoms with Gasteiger partial charge in [-0.25, -0.2) is 0 Å². The van der Waals surface area contributed by atoms with E-state index < -0.39 is 0 Å². The smallest absolute Gasteiger partial charge is 0.0456 e. The van der Waals surface area contributed by atoms with Crippen LogP contribution in [0.25, 0.3) is 10.9 Å². The molecular formula is C12H14N2. The Labute approximate surface area is 83.1 Å². The molecule has 14 heavy (non-hydrogen) atoms. The highest BCUT2D eigenvalue weighted by molar-refractivity contribution is 5.83. The summed E-state index contributed by atoms with van der Waals surface area (Å²) in [5.74, 6) is 0. The molecular weight excluding hydrogens is 172 g/mol. The van der Waals surface area contributed by atoms with Crippen molar-refractivity contribution in [3.05, 3.63) is 36.0 Å². The molecule has 0 radical (unpaired) electrons. The van der Waals surface area contributed by atoms with Crippen molar-refractivity contribution in [3.63, 3.8) is 0 Å². The Balaban J connectivity index is 2.04. The van der Waals surface area contributed by atoms with Gasteiger partial charge in [0.15, 0.2) is 0 Å². The first kappa shape index (κ1) is 8.06. The minimum Gasteiger partial charge on any atom is -0.361 e. The van der Waals surface area contributed by atoms with Gasteiger partial charge in [0.05, 0.1) is 0 Å². The van der Waals surface area contributed by atoms with E-state index in [-0.39, 0.29) is 5.54 Å². The van der Waals surface area contributed by atoms with Crippen molar-refractivity contribution in [2.24, 2.45) is 5.73 Å². The van der Waals surface area contributed by atoms with Crippen LogP contribution >= 0.6 is 0 Å². The van der Waals surface area contributed by atoms with E-state index in [9.17, 15) is 0 Å². The second-order valence-electron chi connectivity index (χ2n) is 4.40. The van der Waals surface area contributed by atoms with Crippen molar-refractivity contribution >= 4 is 10.9 Å². The van der Waals surface area contributed by atoms with Crippen molar-refractivity contribution in [2.45, 2.75) is 24.8 Å². The highest BCUT2D eigenvalue weighted by Crippen LogP contribution is 2.37. The monoisotopic (exact) mass is 186 g/mol. The molecule has 0 saturated heterocycles. The molecule has 0 atom stereocenters. The predicted octanol–water partition coefficient (Wildman–Crippen LogP) is 2.20. The Kier molecular flexibility index (Phi) is 1.50. The van der Waals surface area contributed by atoms with E-state index in [2.05, 4.69) is 35.4 Å². The van der Waals surface area contributed by atoms with Gasteiger partial charge in [0.2, 0.25) is 0 Å². The fourth-order valence-electron chi connectivity index (χ4n) is 1.99. The zero-order chi connectivity index (χ0) is 9.60. The molecule has 0 bridgehead atoms. The standard InChI is InChI=1S/C12H14N2/c13-12(5-6-12)7-9-8-14-11-4-2-1-3-10(9)11/h1-4,8,14H,5-7,13H2. The second-order valence-corrected chi connectivity index (χ2v) is 4.40. The van der Waals surface area contributed by atoms with E-state index in [1.54, 1.807) is 0 Å². The van der Waals surface area contributed by atoms with Gasteiger partial charge in [-0.15, -0.1) is 0 Å². The second kappa shape index (κ2) is 2.61. The molecule has 3 rings (SSSR count). The minimum absolute atomic E-state index is 0.102. The number of nitrogens with one attached hydrogen (secondary N) is 1. The Morgan fingerprint density at radius 2 is 2.07 bits per heavy atom. The van der Waals surface area contributed by atoms with Crippen LogP contribution in [0.15, 0.2) is 30.5 Å². The third kappa shape index (κ3) is 1.23. The van der Waals surface area contributed by atoms with Crippen LogP contribution < -0.4 is 5.73 Å². The third-order valence-electron chi connectivity index (χ3n) is 3.11. The number of hydrogen-bond acceptors (Lipinski definition) is 1. The topological polar surface area (TPSA) is 41.8 Å². The number of benzene rings is 1. The molecule has 1 heterocycles. The van der Waals surface area contributed by atoms with Crippen molar-refractivity contribution in [1.82, 2.24) is 4.98 Å². The summed E-state index contributed by atoms with van der Waals surface area (Å²) in [5.41, 5.74) is 8.79. The maximum absolute atomic E-state index is 6.11. The first-order chi connectivity index (χ1) is 6.77. The molecule has 2 aromatic rings. The number of para-hydroxylation sites is 1. The number of fused-ring (bicyclic) bond motifs is 1. The highest BCUT2D eigenvalue weighted by atomic mass is 14.8. The molecule has 0 unspecified atom stereocenters. The van der Waals surface area contributed by atoms with E-state index in [1.165, 1.54) is 29.3 Å². The van der Waals surface area contributed by atoms with Gasteiger partial charge in [-0.2, -0.15) is 0 Å². The molecule has 1 fully saturated rings. The van der Waals surface area contributed by atoms with Gasteiger partial charge in [0, 0.05) is 22.6 Å². The number of H-pyrrole nitrogens is 1. The first-order valence-electron chi connectivity index (χ1n) is 5.11. The Morgan fingerprint density at radius 3 is 2.86 bits per heavy atom. The molecule has 0 amide bonds. The summed E-state index contributed by atoms with van der Waals surface area (Å²) < 4.78 is 0. The van der Waals surface area contributed by atoms with Crippen LogP contribution in [0.2, 0.25) is 0 Å². The molecule has 1 aromatic carbocycles. The average molecular weight is 186 g/mol. The minimum atomic E-state index is 0.102. The van der Waals surface area contributed by atoms with Crippen molar-refractivity contribution < 1.29 is 0 Å². The normalized spacial score (nSPS) is 18.6. The lowest BCUT2D eigenvalue weighted by Crippen LogP contribution is -2.24. The molecule has 1 aromatic heterocycles. The largest absolute Gasteiger partial charge is 0.361 e. The Morgan fingerprint density at radius 1 is 1.29 bits per heavy atom. The summed E-state index contributed by atoms with van der Waals surface area (Å²) in [4.78, 5) is 3.28. The van der Waals surface area contributed by atoms with E-state index in [0.29, 0.717) is 0 Å². The van der Waals surface area contributed by atoms with E-state index in [1.807, 2.05) is 0 Å². The van der Waals surface area contributed by atoms with E-state index in [0.717, 1.165) is 6.42 Å². The van der Waals surface area contributed by atoms with Gasteiger partial charge in [0.1, 0.15) is 0 Å². The third-order valence-corrected chi connectivity index (χ3v) is 3.11. The van der Waals surface area contributed by atoms with Gasteiger partial charge in [0.25, 0.3) is 0 Å². The molecule has 0 spiro atoms. The van der Waals surface area contributed by atoms with Crippen LogP contribution in [-0.2, 0) is 6.42 Å². The molecule has 1 aliphatic carbocycles. The fourth-order valence-corrected chi connectivity index (χ4v) is 1.99. The van der Waals surface area contributed by atoms with Crippen LogP contribution in [0.5, 0.6) is 0 Å². The van der Waals surface area contributed by atoms with Crippen LogP contribution in [0, 0.1) is 0 Å². The lowest BCUT2D eigenvalue weighted by atomic mass is 10.0. The Hall–Kier alpha value is -1.28. The van der Waals surface area contributed by atoms with Crippen LogP contribution in [0.3, 0.4) is 0 Å². The molecule has 72 valence electrons. The number of nitrogens with two attached hydrogens (primary N) is 1. The predicted molar refractivity (Wildman–Crippen MR) is 58.2 cm³/mol. The van der Waals surface area contributed by atoms with E-state index in [4.69, 9.17) is 5.73 Å². The number of hydrogen-bond donors (Lipinski definition) is 2. The zero-order valence-corrected chi connectivity index (χ0v) is 8.09. The van der Waals surface area contributed by atoms with Gasteiger partial charge < -0.3 is 10.7 Å². The molecule has 0 aliphatic heterocycles. The van der Waals surface area contributed by atoms with Gasteiger partial charge >= 0.3 is 0 Å². The van der Waals surface area contributed by atoms with Crippen molar-refractivity contribution in [2.75, 3.05) is 0 Å². The van der Waals surface area contributed by atoms with Gasteiger partial charge in [-0.1, -0.05) is 18.2 Å². The summed E-state index contributed by atoms with van der Waals surface area (Å²) in [6, 6.07) is 8.40. The maximum Gasteiger partial charge on any atom is 0.0456 e. The molecule has 1 aliphatic rings. The average Bonchev–Trinajstić information content (AvgIpc) is 2.77. The molecule has 1 saturated carbocycles. The quantitative estimate of drug-likeness (QED) is 0.741. The van der Waals surface area contributed by atoms with Gasteiger partial charge in [-0.05, 0) is 30.9 Å². The lowest BCUT2D eigenvalue weighted by Gasteiger charge is -2.06. The number of aromatic nitrogens is 1. The number of rotatable bonds is 2.